The largest absolute Gasteiger partial charge is 0.494 e. The number of ether oxygens (including phenoxy) is 1. The quantitative estimate of drug-likeness (QED) is 0.403. The van der Waals surface area contributed by atoms with Crippen LogP contribution in [0, 0.1) is 0 Å². The van der Waals surface area contributed by atoms with Gasteiger partial charge in [-0.1, -0.05) is 13.3 Å². The van der Waals surface area contributed by atoms with Gasteiger partial charge in [0, 0.05) is 11.3 Å². The van der Waals surface area contributed by atoms with Gasteiger partial charge in [0.2, 0.25) is 10.0 Å². The summed E-state index contributed by atoms with van der Waals surface area (Å²) in [7, 11) is -3.91. The molecule has 1 heterocycles. The molecule has 9 heteroatoms. The number of rotatable bonds is 7. The molecular formula is C18H28N2O5S2. The first-order valence-electron chi connectivity index (χ1n) is 9.06. The number of nitrogens with one attached hydrogen (secondary N) is 1. The molecule has 1 atom stereocenters. The van der Waals surface area contributed by atoms with Crippen LogP contribution in [0.1, 0.15) is 40.0 Å². The topological polar surface area (TPSA) is 95.9 Å². The van der Waals surface area contributed by atoms with E-state index in [1.165, 1.54) is 28.2 Å². The second-order valence-corrected chi connectivity index (χ2v) is 10.6. The van der Waals surface area contributed by atoms with Crippen molar-refractivity contribution in [2.75, 3.05) is 18.9 Å². The Balaban J connectivity index is 2.32. The van der Waals surface area contributed by atoms with Gasteiger partial charge in [-0.2, -0.15) is 16.1 Å². The first kappa shape index (κ1) is 22.0. The number of nitrogens with zero attached hydrogens (tertiary/aromatic N) is 1. The van der Waals surface area contributed by atoms with E-state index in [4.69, 9.17) is 9.94 Å². The third-order valence-electron chi connectivity index (χ3n) is 4.50. The van der Waals surface area contributed by atoms with Crippen molar-refractivity contribution in [1.29, 1.82) is 0 Å². The average molecular weight is 417 g/mol. The number of thioether (sulfide) groups is 1. The summed E-state index contributed by atoms with van der Waals surface area (Å²) >= 11 is 1.52. The second-order valence-electron chi connectivity index (χ2n) is 6.97. The Morgan fingerprint density at radius 3 is 2.63 bits per heavy atom. The number of carbonyl (C=O) groups is 1. The van der Waals surface area contributed by atoms with Crippen LogP contribution in [-0.4, -0.2) is 53.5 Å². The maximum atomic E-state index is 13.2. The van der Waals surface area contributed by atoms with Crippen molar-refractivity contribution in [1.82, 2.24) is 9.79 Å². The van der Waals surface area contributed by atoms with Crippen LogP contribution in [-0.2, 0) is 14.8 Å². The number of amides is 1. The van der Waals surface area contributed by atoms with Crippen LogP contribution < -0.4 is 10.2 Å². The number of benzene rings is 1. The summed E-state index contributed by atoms with van der Waals surface area (Å²) in [4.78, 5) is 12.4. The minimum Gasteiger partial charge on any atom is -0.494 e. The molecule has 0 bridgehead atoms. The predicted octanol–water partition coefficient (Wildman–Crippen LogP) is 2.65. The van der Waals surface area contributed by atoms with E-state index in [1.54, 1.807) is 17.6 Å². The predicted molar refractivity (Wildman–Crippen MR) is 106 cm³/mol. The zero-order valence-corrected chi connectivity index (χ0v) is 17.6. The molecule has 0 aromatic heterocycles. The summed E-state index contributed by atoms with van der Waals surface area (Å²) in [5.41, 5.74) is 1.63. The van der Waals surface area contributed by atoms with Crippen molar-refractivity contribution in [2.24, 2.45) is 0 Å². The van der Waals surface area contributed by atoms with Crippen LogP contribution in [0.25, 0.3) is 0 Å². The van der Waals surface area contributed by atoms with Crippen molar-refractivity contribution < 1.29 is 23.2 Å². The van der Waals surface area contributed by atoms with Gasteiger partial charge in [-0.15, -0.1) is 0 Å². The molecule has 7 nitrogen and oxygen atoms in total. The van der Waals surface area contributed by atoms with Gasteiger partial charge in [0.25, 0.3) is 5.91 Å². The van der Waals surface area contributed by atoms with Gasteiger partial charge in [0.05, 0.1) is 11.5 Å². The molecule has 1 aromatic rings. The van der Waals surface area contributed by atoms with Crippen molar-refractivity contribution in [3.05, 3.63) is 24.3 Å². The number of unbranched alkanes of at least 4 members (excludes halogenated alkanes) is 1. The summed E-state index contributed by atoms with van der Waals surface area (Å²) < 4.78 is 32.6. The minimum absolute atomic E-state index is 0.101. The fraction of sp³-hybridized carbons (Fsp3) is 0.611. The van der Waals surface area contributed by atoms with Gasteiger partial charge >= 0.3 is 0 Å². The summed E-state index contributed by atoms with van der Waals surface area (Å²) in [5.74, 6) is 0.620. The van der Waals surface area contributed by atoms with Crippen LogP contribution in [0.5, 0.6) is 5.75 Å². The van der Waals surface area contributed by atoms with Crippen molar-refractivity contribution >= 4 is 27.7 Å². The first-order valence-corrected chi connectivity index (χ1v) is 11.5. The number of hydrogen-bond acceptors (Lipinski definition) is 6. The summed E-state index contributed by atoms with van der Waals surface area (Å²) in [6.07, 6.45) is 2.57. The maximum absolute atomic E-state index is 13.2. The lowest BCUT2D eigenvalue weighted by Crippen LogP contribution is -2.57. The van der Waals surface area contributed by atoms with E-state index in [1.807, 2.05) is 13.8 Å². The number of carbonyl (C=O) groups excluding carboxylic acids is 1. The Morgan fingerprint density at radius 1 is 1.37 bits per heavy atom. The van der Waals surface area contributed by atoms with E-state index in [0.717, 1.165) is 18.6 Å². The molecule has 1 fully saturated rings. The lowest BCUT2D eigenvalue weighted by atomic mass is 10.0. The van der Waals surface area contributed by atoms with Crippen molar-refractivity contribution in [3.63, 3.8) is 0 Å². The van der Waals surface area contributed by atoms with E-state index < -0.39 is 26.7 Å². The number of hydroxylamine groups is 1. The molecule has 1 aliphatic rings. The van der Waals surface area contributed by atoms with Gasteiger partial charge < -0.3 is 4.74 Å². The lowest BCUT2D eigenvalue weighted by molar-refractivity contribution is -0.133. The Morgan fingerprint density at radius 2 is 2.04 bits per heavy atom. The van der Waals surface area contributed by atoms with Crippen LogP contribution >= 0.6 is 11.8 Å². The summed E-state index contributed by atoms with van der Waals surface area (Å²) in [6.45, 7) is 6.50. The molecule has 1 aromatic carbocycles. The molecule has 2 N–H and O–H groups in total. The molecule has 1 aliphatic heterocycles. The third kappa shape index (κ3) is 5.16. The van der Waals surface area contributed by atoms with Crippen LogP contribution in [0.3, 0.4) is 0 Å². The highest BCUT2D eigenvalue weighted by Crippen LogP contribution is 2.37. The summed E-state index contributed by atoms with van der Waals surface area (Å²) in [5, 5.41) is 9.16. The average Bonchev–Trinajstić information content (AvgIpc) is 2.80. The molecule has 0 saturated carbocycles. The number of hydrogen-bond donors (Lipinski definition) is 2. The van der Waals surface area contributed by atoms with Crippen molar-refractivity contribution in [3.8, 4) is 5.75 Å². The molecule has 0 aliphatic carbocycles. The Bertz CT molecular complexity index is 735. The summed E-state index contributed by atoms with van der Waals surface area (Å²) in [6, 6.07) is 5.23. The van der Waals surface area contributed by atoms with Gasteiger partial charge in [0.15, 0.2) is 0 Å². The van der Waals surface area contributed by atoms with E-state index in [2.05, 4.69) is 6.92 Å². The molecular weight excluding hydrogens is 388 g/mol. The van der Waals surface area contributed by atoms with Gasteiger partial charge in [-0.3, -0.25) is 10.0 Å². The van der Waals surface area contributed by atoms with E-state index in [0.29, 0.717) is 18.8 Å². The van der Waals surface area contributed by atoms with E-state index in [-0.39, 0.29) is 11.4 Å². The smallest absolute Gasteiger partial charge is 0.263 e. The monoisotopic (exact) mass is 416 g/mol. The van der Waals surface area contributed by atoms with E-state index in [9.17, 15) is 13.2 Å². The van der Waals surface area contributed by atoms with Crippen LogP contribution in [0.15, 0.2) is 29.2 Å². The Labute approximate surface area is 165 Å². The molecule has 2 rings (SSSR count). The zero-order valence-electron chi connectivity index (χ0n) is 16.0. The Kier molecular flexibility index (Phi) is 7.55. The maximum Gasteiger partial charge on any atom is 0.263 e. The molecule has 1 amide bonds. The fourth-order valence-electron chi connectivity index (χ4n) is 3.05. The van der Waals surface area contributed by atoms with Crippen LogP contribution in [0.2, 0.25) is 0 Å². The normalized spacial score (nSPS) is 20.7. The van der Waals surface area contributed by atoms with Gasteiger partial charge in [0.1, 0.15) is 11.8 Å². The zero-order chi connectivity index (χ0) is 20.1. The molecule has 0 unspecified atom stereocenters. The highest BCUT2D eigenvalue weighted by atomic mass is 32.2. The standard InChI is InChI=1S/C18H28N2O5S2/c1-4-5-12-25-14-7-9-15(10-8-14)27(23,24)20-11-6-13-26-18(2,3)16(20)17(21)19-22/h7-10,16,22H,4-6,11-13H2,1-3H3,(H,19,21)/t16-/m0/s1. The fourth-order valence-corrected chi connectivity index (χ4v) is 6.07. The molecule has 0 spiro atoms. The third-order valence-corrected chi connectivity index (χ3v) is 7.84. The Hall–Kier alpha value is -1.29. The molecule has 1 saturated heterocycles. The highest BCUT2D eigenvalue weighted by Gasteiger charge is 2.46. The molecule has 27 heavy (non-hydrogen) atoms. The highest BCUT2D eigenvalue weighted by molar-refractivity contribution is 8.00. The first-order chi connectivity index (χ1) is 12.7. The van der Waals surface area contributed by atoms with Gasteiger partial charge in [-0.25, -0.2) is 13.9 Å². The molecule has 152 valence electrons. The van der Waals surface area contributed by atoms with Gasteiger partial charge in [-0.05, 0) is 56.7 Å². The molecule has 0 radical (unpaired) electrons. The van der Waals surface area contributed by atoms with Crippen LogP contribution in [0.4, 0.5) is 0 Å². The van der Waals surface area contributed by atoms with Crippen molar-refractivity contribution in [2.45, 2.75) is 55.7 Å². The minimum atomic E-state index is -3.91. The van der Waals surface area contributed by atoms with E-state index >= 15 is 0 Å². The number of sulfonamides is 1. The second kappa shape index (κ2) is 9.27. The SMILES string of the molecule is CCCCOc1ccc(S(=O)(=O)N2CCCSC(C)(C)[C@@H]2C(=O)NO)cc1. The lowest BCUT2D eigenvalue weighted by Gasteiger charge is -2.36.